The second-order valence-electron chi connectivity index (χ2n) is 6.49. The number of anilines is 2. The summed E-state index contributed by atoms with van der Waals surface area (Å²) in [6, 6.07) is 14.9. The van der Waals surface area contributed by atoms with Crippen molar-refractivity contribution in [2.24, 2.45) is 0 Å². The highest BCUT2D eigenvalue weighted by Gasteiger charge is 2.17. The lowest BCUT2D eigenvalue weighted by Gasteiger charge is -2.16. The molecule has 0 spiro atoms. The third-order valence-electron chi connectivity index (χ3n) is 4.14. The minimum Gasteiger partial charge on any atom is -0.479 e. The zero-order chi connectivity index (χ0) is 22.5. The monoisotopic (exact) mass is 480 g/mol. The highest BCUT2D eigenvalue weighted by Crippen LogP contribution is 2.28. The van der Waals surface area contributed by atoms with Crippen molar-refractivity contribution < 1.29 is 18.7 Å². The maximum atomic E-state index is 13.3. The number of ether oxygens (including phenoxy) is 1. The van der Waals surface area contributed by atoms with Gasteiger partial charge in [-0.25, -0.2) is 4.39 Å². The van der Waals surface area contributed by atoms with E-state index in [9.17, 15) is 14.0 Å². The van der Waals surface area contributed by atoms with Crippen LogP contribution < -0.4 is 15.4 Å². The number of nitrogens with one attached hydrogen (secondary N) is 2. The molecular formula is C22H16Cl3FN2O3. The number of carbonyl (C=O) groups is 2. The Morgan fingerprint density at radius 3 is 2.35 bits per heavy atom. The molecule has 0 heterocycles. The molecule has 2 amide bonds. The average Bonchev–Trinajstić information content (AvgIpc) is 2.73. The zero-order valence-electron chi connectivity index (χ0n) is 16.1. The van der Waals surface area contributed by atoms with Gasteiger partial charge in [0.1, 0.15) is 11.6 Å². The third kappa shape index (κ3) is 6.10. The Morgan fingerprint density at radius 2 is 1.65 bits per heavy atom. The topological polar surface area (TPSA) is 67.4 Å². The van der Waals surface area contributed by atoms with E-state index in [2.05, 4.69) is 10.6 Å². The minimum absolute atomic E-state index is 0.103. The third-order valence-corrected chi connectivity index (χ3v) is 4.96. The number of hydrogen-bond donors (Lipinski definition) is 2. The van der Waals surface area contributed by atoms with Gasteiger partial charge in [0.25, 0.3) is 11.8 Å². The predicted octanol–water partition coefficient (Wildman–Crippen LogP) is 6.44. The van der Waals surface area contributed by atoms with Crippen LogP contribution in [0.25, 0.3) is 0 Å². The van der Waals surface area contributed by atoms with Crippen molar-refractivity contribution in [1.29, 1.82) is 0 Å². The van der Waals surface area contributed by atoms with Gasteiger partial charge in [0, 0.05) is 22.0 Å². The Balaban J connectivity index is 1.65. The second kappa shape index (κ2) is 10.0. The first-order valence-electron chi connectivity index (χ1n) is 9.02. The number of hydrogen-bond acceptors (Lipinski definition) is 3. The summed E-state index contributed by atoms with van der Waals surface area (Å²) in [5.41, 5.74) is 1.02. The Bertz CT molecular complexity index is 1140. The molecule has 1 atom stereocenters. The molecule has 160 valence electrons. The first-order chi connectivity index (χ1) is 14.7. The summed E-state index contributed by atoms with van der Waals surface area (Å²) in [5, 5.41) is 5.94. The van der Waals surface area contributed by atoms with E-state index in [1.807, 2.05) is 0 Å². The SMILES string of the molecule is CC(Oc1ccc(Cl)cc1Cl)C(=O)Nc1cccc(C(=O)Nc2ccc(F)c(Cl)c2)c1. The van der Waals surface area contributed by atoms with Gasteiger partial charge in [-0.1, -0.05) is 40.9 Å². The quantitative estimate of drug-likeness (QED) is 0.425. The summed E-state index contributed by atoms with van der Waals surface area (Å²) in [7, 11) is 0. The van der Waals surface area contributed by atoms with Crippen molar-refractivity contribution in [2.75, 3.05) is 10.6 Å². The first kappa shape index (κ1) is 22.9. The molecule has 0 bridgehead atoms. The molecule has 0 aliphatic rings. The average molecular weight is 482 g/mol. The fraction of sp³-hybridized carbons (Fsp3) is 0.0909. The molecule has 3 aromatic carbocycles. The van der Waals surface area contributed by atoms with Gasteiger partial charge in [0.05, 0.1) is 10.0 Å². The van der Waals surface area contributed by atoms with Crippen molar-refractivity contribution >= 4 is 58.0 Å². The molecule has 0 aliphatic heterocycles. The fourth-order valence-electron chi connectivity index (χ4n) is 2.57. The molecule has 9 heteroatoms. The maximum Gasteiger partial charge on any atom is 0.265 e. The van der Waals surface area contributed by atoms with Crippen LogP contribution in [-0.4, -0.2) is 17.9 Å². The van der Waals surface area contributed by atoms with Crippen molar-refractivity contribution in [2.45, 2.75) is 13.0 Å². The molecule has 2 N–H and O–H groups in total. The molecular weight excluding hydrogens is 466 g/mol. The van der Waals surface area contributed by atoms with Gasteiger partial charge < -0.3 is 15.4 Å². The smallest absolute Gasteiger partial charge is 0.265 e. The molecule has 3 aromatic rings. The molecule has 0 saturated carbocycles. The molecule has 0 saturated heterocycles. The number of benzene rings is 3. The predicted molar refractivity (Wildman–Crippen MR) is 121 cm³/mol. The van der Waals surface area contributed by atoms with Crippen molar-refractivity contribution in [3.63, 3.8) is 0 Å². The van der Waals surface area contributed by atoms with Gasteiger partial charge >= 0.3 is 0 Å². The maximum absolute atomic E-state index is 13.3. The van der Waals surface area contributed by atoms with Crippen LogP contribution in [0, 0.1) is 5.82 Å². The molecule has 0 aromatic heterocycles. The lowest BCUT2D eigenvalue weighted by molar-refractivity contribution is -0.122. The van der Waals surface area contributed by atoms with E-state index in [4.69, 9.17) is 39.5 Å². The molecule has 1 unspecified atom stereocenters. The summed E-state index contributed by atoms with van der Waals surface area (Å²) in [6.07, 6.45) is -0.863. The van der Waals surface area contributed by atoms with Gasteiger partial charge in [-0.3, -0.25) is 9.59 Å². The molecule has 3 rings (SSSR count). The highest BCUT2D eigenvalue weighted by atomic mass is 35.5. The Labute approximate surface area is 193 Å². The fourth-order valence-corrected chi connectivity index (χ4v) is 3.21. The van der Waals surface area contributed by atoms with Crippen LogP contribution in [0.4, 0.5) is 15.8 Å². The Morgan fingerprint density at radius 1 is 0.903 bits per heavy atom. The number of rotatable bonds is 6. The van der Waals surface area contributed by atoms with Crippen LogP contribution in [0.1, 0.15) is 17.3 Å². The summed E-state index contributed by atoms with van der Waals surface area (Å²) >= 11 is 17.6. The van der Waals surface area contributed by atoms with E-state index in [0.717, 1.165) is 6.07 Å². The highest BCUT2D eigenvalue weighted by molar-refractivity contribution is 6.35. The van der Waals surface area contributed by atoms with Gasteiger partial charge in [0.2, 0.25) is 0 Å². The van der Waals surface area contributed by atoms with E-state index in [1.54, 1.807) is 37.3 Å². The van der Waals surface area contributed by atoms with Crippen LogP contribution in [0.2, 0.25) is 15.1 Å². The van der Waals surface area contributed by atoms with Crippen molar-refractivity contribution in [3.8, 4) is 5.75 Å². The Kier molecular flexibility index (Phi) is 7.38. The number of carbonyl (C=O) groups excluding carboxylic acids is 2. The van der Waals surface area contributed by atoms with Crippen LogP contribution in [-0.2, 0) is 4.79 Å². The molecule has 0 fully saturated rings. The van der Waals surface area contributed by atoms with Gasteiger partial charge in [-0.2, -0.15) is 0 Å². The number of halogens is 4. The van der Waals surface area contributed by atoms with Gasteiger partial charge in [-0.15, -0.1) is 0 Å². The van der Waals surface area contributed by atoms with Crippen LogP contribution in [0.5, 0.6) is 5.75 Å². The molecule has 0 aliphatic carbocycles. The van der Waals surface area contributed by atoms with Crippen molar-refractivity contribution in [1.82, 2.24) is 0 Å². The van der Waals surface area contributed by atoms with Gasteiger partial charge in [-0.05, 0) is 61.5 Å². The first-order valence-corrected chi connectivity index (χ1v) is 10.2. The largest absolute Gasteiger partial charge is 0.479 e. The summed E-state index contributed by atoms with van der Waals surface area (Å²) in [4.78, 5) is 25.0. The van der Waals surface area contributed by atoms with Crippen LogP contribution >= 0.6 is 34.8 Å². The lowest BCUT2D eigenvalue weighted by Crippen LogP contribution is -2.30. The molecule has 0 radical (unpaired) electrons. The van der Waals surface area contributed by atoms with E-state index in [1.165, 1.54) is 24.3 Å². The lowest BCUT2D eigenvalue weighted by atomic mass is 10.1. The summed E-state index contributed by atoms with van der Waals surface area (Å²) in [5.74, 6) is -1.15. The van der Waals surface area contributed by atoms with Crippen LogP contribution in [0.3, 0.4) is 0 Å². The molecule has 5 nitrogen and oxygen atoms in total. The minimum atomic E-state index is -0.863. The van der Waals surface area contributed by atoms with E-state index in [0.29, 0.717) is 22.1 Å². The standard InChI is InChI=1S/C22H16Cl3FN2O3/c1-12(31-20-8-5-14(23)10-18(20)25)21(29)27-15-4-2-3-13(9-15)22(30)28-16-6-7-19(26)17(24)11-16/h2-12H,1H3,(H,27,29)(H,28,30). The normalized spacial score (nSPS) is 11.5. The van der Waals surface area contributed by atoms with Crippen LogP contribution in [0.15, 0.2) is 60.7 Å². The summed E-state index contributed by atoms with van der Waals surface area (Å²) < 4.78 is 18.9. The summed E-state index contributed by atoms with van der Waals surface area (Å²) in [6.45, 7) is 1.56. The number of amides is 2. The van der Waals surface area contributed by atoms with E-state index < -0.39 is 23.7 Å². The van der Waals surface area contributed by atoms with Crippen molar-refractivity contribution in [3.05, 3.63) is 87.1 Å². The van der Waals surface area contributed by atoms with Gasteiger partial charge in [0.15, 0.2) is 6.10 Å². The molecule has 31 heavy (non-hydrogen) atoms. The second-order valence-corrected chi connectivity index (χ2v) is 7.74. The van der Waals surface area contributed by atoms with E-state index in [-0.39, 0.29) is 15.6 Å². The van der Waals surface area contributed by atoms with E-state index >= 15 is 0 Å². The zero-order valence-corrected chi connectivity index (χ0v) is 18.4. The Hall–Kier alpha value is -2.80.